The van der Waals surface area contributed by atoms with Crippen LogP contribution in [-0.4, -0.2) is 52.0 Å². The van der Waals surface area contributed by atoms with Crippen LogP contribution < -0.4 is 16.3 Å². The summed E-state index contributed by atoms with van der Waals surface area (Å²) in [6.07, 6.45) is 4.53. The normalized spacial score (nSPS) is 29.3. The number of allylic oxidation sites excluding steroid dienone is 1. The maximum Gasteiger partial charge on any atom is 0.325 e. The summed E-state index contributed by atoms with van der Waals surface area (Å²) in [6.45, 7) is 1.88. The van der Waals surface area contributed by atoms with Crippen molar-refractivity contribution in [3.05, 3.63) is 38.3 Å². The summed E-state index contributed by atoms with van der Waals surface area (Å²) in [4.78, 5) is 34.2. The number of nitrogens with zero attached hydrogens (tertiary/aromatic N) is 4. The molecule has 154 valence electrons. The molecule has 1 unspecified atom stereocenters. The molecule has 8 nitrogen and oxygen atoms in total. The van der Waals surface area contributed by atoms with Crippen molar-refractivity contribution in [3.63, 3.8) is 0 Å². The molecule has 1 atom stereocenters. The van der Waals surface area contributed by atoms with E-state index in [-0.39, 0.29) is 25.3 Å². The van der Waals surface area contributed by atoms with Crippen molar-refractivity contribution < 1.29 is 8.78 Å². The topological polar surface area (TPSA) is 96.9 Å². The first-order chi connectivity index (χ1) is 13.7. The lowest BCUT2D eigenvalue weighted by Crippen LogP contribution is -2.50. The van der Waals surface area contributed by atoms with E-state index < -0.39 is 28.0 Å². The van der Waals surface area contributed by atoms with Crippen molar-refractivity contribution >= 4 is 28.8 Å². The van der Waals surface area contributed by atoms with Crippen LogP contribution in [0.25, 0.3) is 0 Å². The van der Waals surface area contributed by atoms with E-state index in [1.54, 1.807) is 4.90 Å². The summed E-state index contributed by atoms with van der Waals surface area (Å²) in [5.41, 5.74) is -2.46. The minimum Gasteiger partial charge on any atom is -0.352 e. The average molecular weight is 425 g/mol. The van der Waals surface area contributed by atoms with Gasteiger partial charge >= 0.3 is 5.69 Å². The van der Waals surface area contributed by atoms with Gasteiger partial charge < -0.3 is 9.88 Å². The molecule has 3 aliphatic heterocycles. The number of hydrogen-bond donors (Lipinski definition) is 2. The molecular formula is C18H19ClF2N6O2. The predicted octanol–water partition coefficient (Wildman–Crippen LogP) is 1.86. The minimum absolute atomic E-state index is 0.138. The van der Waals surface area contributed by atoms with E-state index in [9.17, 15) is 18.4 Å². The lowest BCUT2D eigenvalue weighted by molar-refractivity contribution is -0.122. The van der Waals surface area contributed by atoms with Crippen LogP contribution in [0.1, 0.15) is 26.2 Å². The minimum atomic E-state index is -2.78. The zero-order chi connectivity index (χ0) is 20.6. The van der Waals surface area contributed by atoms with Gasteiger partial charge in [0.2, 0.25) is 0 Å². The van der Waals surface area contributed by atoms with Crippen LogP contribution in [0, 0.1) is 10.8 Å². The molecule has 1 spiro atoms. The van der Waals surface area contributed by atoms with Crippen LogP contribution in [0.2, 0.25) is 0 Å². The third-order valence-electron chi connectivity index (χ3n) is 6.58. The van der Waals surface area contributed by atoms with E-state index in [0.29, 0.717) is 29.4 Å². The Balaban J connectivity index is 1.52. The van der Waals surface area contributed by atoms with Gasteiger partial charge in [-0.1, -0.05) is 18.0 Å². The molecule has 1 aromatic rings. The third kappa shape index (κ3) is 2.47. The molecule has 2 N–H and O–H groups in total. The first kappa shape index (κ1) is 18.5. The lowest BCUT2D eigenvalue weighted by atomic mass is 9.66. The van der Waals surface area contributed by atoms with Gasteiger partial charge in [-0.15, -0.1) is 0 Å². The Hall–Kier alpha value is -2.49. The van der Waals surface area contributed by atoms with Crippen LogP contribution in [0.3, 0.4) is 0 Å². The fourth-order valence-corrected chi connectivity index (χ4v) is 5.13. The van der Waals surface area contributed by atoms with Crippen LogP contribution >= 0.6 is 11.6 Å². The number of alkyl halides is 2. The number of nitrogens with one attached hydrogen (secondary N) is 2. The quantitative estimate of drug-likeness (QED) is 0.719. The van der Waals surface area contributed by atoms with Gasteiger partial charge in [-0.25, -0.2) is 18.6 Å². The monoisotopic (exact) mass is 424 g/mol. The second-order valence-corrected chi connectivity index (χ2v) is 8.83. The Morgan fingerprint density at radius 3 is 2.59 bits per heavy atom. The number of rotatable bonds is 1. The summed E-state index contributed by atoms with van der Waals surface area (Å²) in [7, 11) is 0. The largest absolute Gasteiger partial charge is 0.352 e. The summed E-state index contributed by atoms with van der Waals surface area (Å²) in [5.74, 6) is -2.30. The molecule has 0 radical (unpaired) electrons. The number of H-pyrrole nitrogens is 2. The molecule has 4 aliphatic rings. The SMILES string of the molecule is CC12CN(c3c[nH]c(=O)[nH]c3=O)N=C1C(Cl)=CN=C2N1CC(F)(F)C2(CCC2)C1. The first-order valence-electron chi connectivity index (χ1n) is 9.41. The first-order valence-corrected chi connectivity index (χ1v) is 9.79. The van der Waals surface area contributed by atoms with Crippen molar-refractivity contribution in [2.75, 3.05) is 24.6 Å². The maximum absolute atomic E-state index is 14.8. The van der Waals surface area contributed by atoms with E-state index in [4.69, 9.17) is 11.6 Å². The van der Waals surface area contributed by atoms with E-state index in [1.165, 1.54) is 17.4 Å². The van der Waals surface area contributed by atoms with Crippen molar-refractivity contribution in [1.29, 1.82) is 0 Å². The molecule has 5 rings (SSSR count). The summed E-state index contributed by atoms with van der Waals surface area (Å²) < 4.78 is 29.5. The van der Waals surface area contributed by atoms with E-state index in [1.807, 2.05) is 6.92 Å². The molecule has 1 aliphatic carbocycles. The van der Waals surface area contributed by atoms with Gasteiger partial charge in [0.05, 0.1) is 34.7 Å². The molecule has 29 heavy (non-hydrogen) atoms. The zero-order valence-corrected chi connectivity index (χ0v) is 16.4. The third-order valence-corrected chi connectivity index (χ3v) is 6.85. The van der Waals surface area contributed by atoms with Crippen molar-refractivity contribution in [2.24, 2.45) is 20.9 Å². The van der Waals surface area contributed by atoms with Gasteiger partial charge in [0.25, 0.3) is 11.5 Å². The predicted molar refractivity (Wildman–Crippen MR) is 105 cm³/mol. The Morgan fingerprint density at radius 1 is 1.21 bits per heavy atom. The van der Waals surface area contributed by atoms with Gasteiger partial charge in [-0.2, -0.15) is 5.10 Å². The number of amidine groups is 1. The van der Waals surface area contributed by atoms with Crippen molar-refractivity contribution in [3.8, 4) is 0 Å². The number of aliphatic imine (C=N–C) groups is 1. The van der Waals surface area contributed by atoms with Crippen molar-refractivity contribution in [2.45, 2.75) is 32.1 Å². The maximum atomic E-state index is 14.8. The molecule has 0 bridgehead atoms. The fourth-order valence-electron chi connectivity index (χ4n) is 4.84. The second-order valence-electron chi connectivity index (χ2n) is 8.42. The second kappa shape index (κ2) is 5.78. The molecule has 0 aromatic carbocycles. The summed E-state index contributed by atoms with van der Waals surface area (Å²) >= 11 is 6.33. The van der Waals surface area contributed by atoms with Crippen molar-refractivity contribution in [1.82, 2.24) is 14.9 Å². The highest BCUT2D eigenvalue weighted by atomic mass is 35.5. The van der Waals surface area contributed by atoms with Crippen LogP contribution in [0.15, 0.2) is 37.1 Å². The van der Waals surface area contributed by atoms with E-state index in [2.05, 4.69) is 20.1 Å². The molecule has 1 saturated heterocycles. The number of aromatic amines is 2. The molecule has 1 aromatic heterocycles. The highest BCUT2D eigenvalue weighted by Gasteiger charge is 2.64. The molecule has 2 fully saturated rings. The smallest absolute Gasteiger partial charge is 0.325 e. The summed E-state index contributed by atoms with van der Waals surface area (Å²) in [6, 6.07) is 0. The lowest BCUT2D eigenvalue weighted by Gasteiger charge is -2.42. The Labute approximate surface area is 169 Å². The molecule has 11 heteroatoms. The summed E-state index contributed by atoms with van der Waals surface area (Å²) in [5, 5.41) is 6.19. The Bertz CT molecular complexity index is 1100. The van der Waals surface area contributed by atoms with Gasteiger partial charge in [-0.3, -0.25) is 14.8 Å². The van der Waals surface area contributed by atoms with Gasteiger partial charge in [0.1, 0.15) is 11.5 Å². The number of fused-ring (bicyclic) bond motifs is 1. The standard InChI is InChI=1S/C18H19ClF2N6O2/c1-16-7-27(11-6-23-15(29)24-13(11)28)25-12(16)10(19)5-22-14(16)26-8-17(3-2-4-17)18(20,21)9-26/h5-6H,2-4,7-9H2,1H3,(H2,23,24,28,29). The Kier molecular flexibility index (Phi) is 3.69. The Morgan fingerprint density at radius 2 is 1.97 bits per heavy atom. The fraction of sp³-hybridized carbons (Fsp3) is 0.556. The molecule has 4 heterocycles. The molecular weight excluding hydrogens is 406 g/mol. The number of halogens is 3. The highest BCUT2D eigenvalue weighted by Crippen LogP contribution is 2.57. The van der Waals surface area contributed by atoms with Gasteiger partial charge in [0, 0.05) is 18.9 Å². The van der Waals surface area contributed by atoms with Gasteiger partial charge in [-0.05, 0) is 19.8 Å². The van der Waals surface area contributed by atoms with Crippen LogP contribution in [0.4, 0.5) is 14.5 Å². The van der Waals surface area contributed by atoms with Crippen LogP contribution in [-0.2, 0) is 0 Å². The highest BCUT2D eigenvalue weighted by molar-refractivity contribution is 6.47. The number of aromatic nitrogens is 2. The number of likely N-dealkylation sites (tertiary alicyclic amines) is 1. The van der Waals surface area contributed by atoms with E-state index >= 15 is 0 Å². The van der Waals surface area contributed by atoms with Gasteiger partial charge in [0.15, 0.2) is 0 Å². The van der Waals surface area contributed by atoms with Crippen LogP contribution in [0.5, 0.6) is 0 Å². The van der Waals surface area contributed by atoms with E-state index in [0.717, 1.165) is 6.42 Å². The number of hydrazone groups is 1. The zero-order valence-electron chi connectivity index (χ0n) is 15.6. The average Bonchev–Trinajstić information content (AvgIpc) is 3.09. The number of hydrogen-bond acceptors (Lipinski definition) is 6. The molecule has 1 saturated carbocycles. The number of anilines is 1. The molecule has 0 amide bonds.